The Kier molecular flexibility index (Phi) is 5.56. The van der Waals surface area contributed by atoms with E-state index in [9.17, 15) is 0 Å². The zero-order valence-electron chi connectivity index (χ0n) is 19.1. The third-order valence-corrected chi connectivity index (χ3v) is 6.78. The average Bonchev–Trinajstić information content (AvgIpc) is 3.57. The van der Waals surface area contributed by atoms with Crippen molar-refractivity contribution in [3.8, 4) is 22.4 Å². The van der Waals surface area contributed by atoms with Crippen LogP contribution in [0.2, 0.25) is 0 Å². The number of rotatable bonds is 3. The van der Waals surface area contributed by atoms with Crippen molar-refractivity contribution >= 4 is 5.69 Å². The lowest BCUT2D eigenvalue weighted by Crippen LogP contribution is -2.36. The van der Waals surface area contributed by atoms with Crippen LogP contribution in [0, 0.1) is 5.92 Å². The number of aromatic nitrogens is 4. The van der Waals surface area contributed by atoms with Gasteiger partial charge < -0.3 is 9.47 Å². The van der Waals surface area contributed by atoms with Crippen molar-refractivity contribution in [1.82, 2.24) is 19.3 Å². The Hall–Kier alpha value is -3.34. The molecular formula is C27H31N5. The van der Waals surface area contributed by atoms with Gasteiger partial charge in [-0.15, -0.1) is 0 Å². The number of hydrogen-bond acceptors (Lipinski definition) is 3. The summed E-state index contributed by atoms with van der Waals surface area (Å²) in [5.41, 5.74) is 7.79. The Balaban J connectivity index is 0.00000105. The van der Waals surface area contributed by atoms with Gasteiger partial charge in [-0.05, 0) is 42.0 Å². The minimum Gasteiger partial charge on any atom is -0.372 e. The fourth-order valence-corrected chi connectivity index (χ4v) is 5.26. The van der Waals surface area contributed by atoms with E-state index in [1.54, 1.807) is 0 Å². The normalized spacial score (nSPS) is 17.5. The fourth-order valence-electron chi connectivity index (χ4n) is 5.26. The molecule has 164 valence electrons. The first-order chi connectivity index (χ1) is 15.8. The summed E-state index contributed by atoms with van der Waals surface area (Å²) in [5, 5.41) is 4.28. The Labute approximate surface area is 190 Å². The number of aryl methyl sites for hydroxylation is 1. The third kappa shape index (κ3) is 3.52. The van der Waals surface area contributed by atoms with E-state index in [-0.39, 0.29) is 0 Å². The lowest BCUT2D eigenvalue weighted by molar-refractivity contribution is 0.317. The van der Waals surface area contributed by atoms with Crippen LogP contribution in [0.4, 0.5) is 5.69 Å². The molecule has 2 aromatic heterocycles. The van der Waals surface area contributed by atoms with Crippen molar-refractivity contribution in [3.05, 3.63) is 79.0 Å². The van der Waals surface area contributed by atoms with Crippen molar-refractivity contribution in [2.45, 2.75) is 32.7 Å². The van der Waals surface area contributed by atoms with Crippen molar-refractivity contribution in [2.24, 2.45) is 13.0 Å². The van der Waals surface area contributed by atoms with E-state index in [1.165, 1.54) is 46.5 Å². The molecule has 0 radical (unpaired) electrons. The number of hydrogen-bond donors (Lipinski definition) is 0. The maximum Gasteiger partial charge on any atom is 0.0956 e. The standard InChI is InChI=1S/C25H25N5.C2H6/c1-28-16-20(14-27-28)18-6-8-21(9-7-18)29-12-10-19(11-13-29)25-23-5-3-2-4-22(23)24-15-26-17-30(24)25;1-2/h2-9,14-17,19,25H,10-13H2,1H3;1-2H3. The van der Waals surface area contributed by atoms with Crippen LogP contribution in [0.5, 0.6) is 0 Å². The average molecular weight is 426 g/mol. The van der Waals surface area contributed by atoms with Crippen LogP contribution in [0.25, 0.3) is 22.4 Å². The molecule has 0 saturated carbocycles. The van der Waals surface area contributed by atoms with E-state index in [0.29, 0.717) is 12.0 Å². The van der Waals surface area contributed by atoms with E-state index in [1.807, 2.05) is 44.3 Å². The molecule has 0 aliphatic carbocycles. The molecule has 1 atom stereocenters. The first-order valence-electron chi connectivity index (χ1n) is 11.7. The summed E-state index contributed by atoms with van der Waals surface area (Å²) in [4.78, 5) is 6.96. The van der Waals surface area contributed by atoms with Crippen LogP contribution in [0.1, 0.15) is 38.3 Å². The molecule has 2 aliphatic rings. The second-order valence-electron chi connectivity index (χ2n) is 8.49. The van der Waals surface area contributed by atoms with Gasteiger partial charge in [0.2, 0.25) is 0 Å². The Bertz CT molecular complexity index is 1180. The quantitative estimate of drug-likeness (QED) is 0.417. The number of piperidine rings is 1. The van der Waals surface area contributed by atoms with Gasteiger partial charge >= 0.3 is 0 Å². The molecule has 4 aromatic rings. The summed E-state index contributed by atoms with van der Waals surface area (Å²) in [5.74, 6) is 0.646. The molecule has 0 N–H and O–H groups in total. The molecule has 1 saturated heterocycles. The topological polar surface area (TPSA) is 38.9 Å². The smallest absolute Gasteiger partial charge is 0.0956 e. The van der Waals surface area contributed by atoms with Crippen LogP contribution >= 0.6 is 0 Å². The molecule has 1 unspecified atom stereocenters. The number of fused-ring (bicyclic) bond motifs is 3. The predicted molar refractivity (Wildman–Crippen MR) is 131 cm³/mol. The number of nitrogens with zero attached hydrogens (tertiary/aromatic N) is 5. The largest absolute Gasteiger partial charge is 0.372 e. The van der Waals surface area contributed by atoms with Gasteiger partial charge in [-0.25, -0.2) is 4.98 Å². The van der Waals surface area contributed by atoms with Crippen molar-refractivity contribution < 1.29 is 0 Å². The van der Waals surface area contributed by atoms with E-state index >= 15 is 0 Å². The molecule has 0 bridgehead atoms. The Morgan fingerprint density at radius 1 is 0.875 bits per heavy atom. The number of benzene rings is 2. The minimum absolute atomic E-state index is 0.425. The van der Waals surface area contributed by atoms with Gasteiger partial charge in [0.1, 0.15) is 0 Å². The summed E-state index contributed by atoms with van der Waals surface area (Å²) >= 11 is 0. The number of anilines is 1. The van der Waals surface area contributed by atoms with Crippen molar-refractivity contribution in [3.63, 3.8) is 0 Å². The highest BCUT2D eigenvalue weighted by atomic mass is 15.2. The predicted octanol–water partition coefficient (Wildman–Crippen LogP) is 5.80. The molecule has 6 rings (SSSR count). The number of imidazole rings is 1. The Morgan fingerprint density at radius 2 is 1.62 bits per heavy atom. The van der Waals surface area contributed by atoms with Crippen molar-refractivity contribution in [1.29, 1.82) is 0 Å². The summed E-state index contributed by atoms with van der Waals surface area (Å²) < 4.78 is 4.24. The van der Waals surface area contributed by atoms with Crippen LogP contribution < -0.4 is 4.90 Å². The van der Waals surface area contributed by atoms with Gasteiger partial charge in [-0.2, -0.15) is 5.10 Å². The first-order valence-corrected chi connectivity index (χ1v) is 11.7. The SMILES string of the molecule is CC.Cn1cc(-c2ccc(N3CCC(C4c5ccccc5-c5cncn54)CC3)cc2)cn1. The Morgan fingerprint density at radius 3 is 2.34 bits per heavy atom. The van der Waals surface area contributed by atoms with Gasteiger partial charge in [0.05, 0.1) is 30.5 Å². The zero-order chi connectivity index (χ0) is 22.1. The lowest BCUT2D eigenvalue weighted by atomic mass is 9.85. The van der Waals surface area contributed by atoms with E-state index in [2.05, 4.69) is 74.3 Å². The molecule has 2 aliphatic heterocycles. The van der Waals surface area contributed by atoms with E-state index in [4.69, 9.17) is 0 Å². The van der Waals surface area contributed by atoms with Gasteiger partial charge in [-0.1, -0.05) is 50.2 Å². The molecule has 32 heavy (non-hydrogen) atoms. The molecule has 5 heteroatoms. The maximum absolute atomic E-state index is 4.43. The van der Waals surface area contributed by atoms with Gasteiger partial charge in [0, 0.05) is 43.1 Å². The van der Waals surface area contributed by atoms with Crippen LogP contribution in [0.3, 0.4) is 0 Å². The molecule has 1 fully saturated rings. The fraction of sp³-hybridized carbons (Fsp3) is 0.333. The minimum atomic E-state index is 0.425. The van der Waals surface area contributed by atoms with Crippen molar-refractivity contribution in [2.75, 3.05) is 18.0 Å². The van der Waals surface area contributed by atoms with Gasteiger partial charge in [0.25, 0.3) is 0 Å². The summed E-state index contributed by atoms with van der Waals surface area (Å²) in [6.45, 7) is 6.19. The second kappa shape index (κ2) is 8.65. The molecule has 0 amide bonds. The van der Waals surface area contributed by atoms with Gasteiger partial charge in [0.15, 0.2) is 0 Å². The highest BCUT2D eigenvalue weighted by Gasteiger charge is 2.35. The second-order valence-corrected chi connectivity index (χ2v) is 8.49. The highest BCUT2D eigenvalue weighted by Crippen LogP contribution is 2.45. The van der Waals surface area contributed by atoms with Crippen LogP contribution in [-0.4, -0.2) is 32.4 Å². The van der Waals surface area contributed by atoms with E-state index < -0.39 is 0 Å². The summed E-state index contributed by atoms with van der Waals surface area (Å²) in [6, 6.07) is 18.2. The molecule has 2 aromatic carbocycles. The zero-order valence-corrected chi connectivity index (χ0v) is 19.1. The van der Waals surface area contributed by atoms with E-state index in [0.717, 1.165) is 13.1 Å². The monoisotopic (exact) mass is 425 g/mol. The lowest BCUT2D eigenvalue weighted by Gasteiger charge is -2.37. The molecule has 5 nitrogen and oxygen atoms in total. The molecular weight excluding hydrogens is 394 g/mol. The van der Waals surface area contributed by atoms with Crippen LogP contribution in [-0.2, 0) is 7.05 Å². The summed E-state index contributed by atoms with van der Waals surface area (Å²) in [6.07, 6.45) is 10.4. The van der Waals surface area contributed by atoms with Crippen LogP contribution in [0.15, 0.2) is 73.4 Å². The molecule has 4 heterocycles. The molecule has 0 spiro atoms. The third-order valence-electron chi connectivity index (χ3n) is 6.78. The maximum atomic E-state index is 4.43. The summed E-state index contributed by atoms with van der Waals surface area (Å²) in [7, 11) is 1.96. The highest BCUT2D eigenvalue weighted by molar-refractivity contribution is 5.69. The van der Waals surface area contributed by atoms with Gasteiger partial charge in [-0.3, -0.25) is 4.68 Å². The first kappa shape index (κ1) is 20.6.